The van der Waals surface area contributed by atoms with Gasteiger partial charge in [0.25, 0.3) is 0 Å². The lowest BCUT2D eigenvalue weighted by Crippen LogP contribution is -2.23. The van der Waals surface area contributed by atoms with Gasteiger partial charge in [-0.05, 0) is 40.9 Å². The highest BCUT2D eigenvalue weighted by Crippen LogP contribution is 2.23. The topological polar surface area (TPSA) is 36.4 Å². The molecule has 0 saturated carbocycles. The molecule has 0 bridgehead atoms. The second kappa shape index (κ2) is 3.87. The minimum atomic E-state index is -0.195. The second-order valence-corrected chi connectivity index (χ2v) is 4.60. The number of β-amino-alcohol motifs (C(OH)–C–C–N with tert-alkyl or cyclic N) is 1. The molecule has 2 rings (SSSR count). The quantitative estimate of drug-likeness (QED) is 0.832. The molecule has 0 aliphatic carbocycles. The Bertz CT molecular complexity index is 343. The summed E-state index contributed by atoms with van der Waals surface area (Å²) in [5, 5.41) is 9.43. The van der Waals surface area contributed by atoms with Crippen LogP contribution in [0.2, 0.25) is 0 Å². The number of aromatic nitrogens is 1. The first-order valence-corrected chi connectivity index (χ1v) is 5.51. The van der Waals surface area contributed by atoms with Crippen LogP contribution in [0.25, 0.3) is 0 Å². The van der Waals surface area contributed by atoms with Gasteiger partial charge in [0.05, 0.1) is 6.10 Å². The molecule has 1 atom stereocenters. The third-order valence-corrected chi connectivity index (χ3v) is 2.91. The molecular weight excluding hydrogens is 244 g/mol. The van der Waals surface area contributed by atoms with Crippen LogP contribution in [0.4, 0.5) is 5.82 Å². The standard InChI is InChI=1S/C10H13BrN2O/c1-7-4-8(11)5-12-10(7)13-3-2-9(14)6-13/h4-5,9,14H,2-3,6H2,1H3/t9-/m1/s1. The fourth-order valence-corrected chi connectivity index (χ4v) is 2.24. The summed E-state index contributed by atoms with van der Waals surface area (Å²) >= 11 is 3.39. The average Bonchev–Trinajstić information content (AvgIpc) is 2.51. The molecule has 3 nitrogen and oxygen atoms in total. The Labute approximate surface area is 91.9 Å². The minimum absolute atomic E-state index is 0.195. The number of anilines is 1. The SMILES string of the molecule is Cc1cc(Br)cnc1N1CC[C@@H](O)C1. The summed E-state index contributed by atoms with van der Waals surface area (Å²) in [6, 6.07) is 2.05. The van der Waals surface area contributed by atoms with Crippen molar-refractivity contribution in [2.45, 2.75) is 19.4 Å². The second-order valence-electron chi connectivity index (χ2n) is 3.68. The van der Waals surface area contributed by atoms with Crippen LogP contribution in [0.1, 0.15) is 12.0 Å². The maximum Gasteiger partial charge on any atom is 0.131 e. The first-order valence-electron chi connectivity index (χ1n) is 4.72. The van der Waals surface area contributed by atoms with Crippen LogP contribution >= 0.6 is 15.9 Å². The van der Waals surface area contributed by atoms with Crippen LogP contribution in [0.15, 0.2) is 16.7 Å². The van der Waals surface area contributed by atoms with Crippen molar-refractivity contribution in [1.29, 1.82) is 0 Å². The van der Waals surface area contributed by atoms with Gasteiger partial charge in [-0.2, -0.15) is 0 Å². The van der Waals surface area contributed by atoms with Crippen LogP contribution in [0.3, 0.4) is 0 Å². The largest absolute Gasteiger partial charge is 0.391 e. The number of rotatable bonds is 1. The number of aliphatic hydroxyl groups excluding tert-OH is 1. The van der Waals surface area contributed by atoms with Crippen LogP contribution in [-0.4, -0.2) is 29.3 Å². The first kappa shape index (κ1) is 9.93. The van der Waals surface area contributed by atoms with E-state index < -0.39 is 0 Å². The van der Waals surface area contributed by atoms with E-state index in [1.807, 2.05) is 13.0 Å². The lowest BCUT2D eigenvalue weighted by Gasteiger charge is -2.18. The van der Waals surface area contributed by atoms with Crippen LogP contribution in [0.5, 0.6) is 0 Å². The van der Waals surface area contributed by atoms with Crippen molar-refractivity contribution in [2.24, 2.45) is 0 Å². The summed E-state index contributed by atoms with van der Waals surface area (Å²) in [6.45, 7) is 3.64. The third-order valence-electron chi connectivity index (χ3n) is 2.48. The van der Waals surface area contributed by atoms with Gasteiger partial charge in [0, 0.05) is 23.8 Å². The van der Waals surface area contributed by atoms with Gasteiger partial charge in [-0.15, -0.1) is 0 Å². The number of aryl methyl sites for hydroxylation is 1. The Balaban J connectivity index is 2.24. The summed E-state index contributed by atoms with van der Waals surface area (Å²) in [7, 11) is 0. The molecule has 1 aromatic rings. The van der Waals surface area contributed by atoms with Gasteiger partial charge in [-0.1, -0.05) is 0 Å². The van der Waals surface area contributed by atoms with E-state index in [1.165, 1.54) is 0 Å². The average molecular weight is 257 g/mol. The van der Waals surface area contributed by atoms with Crippen LogP contribution in [0, 0.1) is 6.92 Å². The van der Waals surface area contributed by atoms with Gasteiger partial charge in [0.1, 0.15) is 5.82 Å². The van der Waals surface area contributed by atoms with E-state index in [0.717, 1.165) is 28.8 Å². The molecule has 4 heteroatoms. The van der Waals surface area contributed by atoms with E-state index in [2.05, 4.69) is 25.8 Å². The van der Waals surface area contributed by atoms with Gasteiger partial charge in [0.15, 0.2) is 0 Å². The van der Waals surface area contributed by atoms with E-state index in [-0.39, 0.29) is 6.10 Å². The Hall–Kier alpha value is -0.610. The predicted octanol–water partition coefficient (Wildman–Crippen LogP) is 1.72. The molecule has 1 fully saturated rings. The normalized spacial score (nSPS) is 21.6. The molecular formula is C10H13BrN2O. The molecule has 1 aliphatic rings. The maximum absolute atomic E-state index is 9.43. The van der Waals surface area contributed by atoms with Gasteiger partial charge in [-0.25, -0.2) is 4.98 Å². The molecule has 0 unspecified atom stereocenters. The number of pyridine rings is 1. The summed E-state index contributed by atoms with van der Waals surface area (Å²) in [5.74, 6) is 0.991. The predicted molar refractivity (Wildman–Crippen MR) is 59.5 cm³/mol. The molecule has 2 heterocycles. The lowest BCUT2D eigenvalue weighted by molar-refractivity contribution is 0.198. The molecule has 0 aromatic carbocycles. The van der Waals surface area contributed by atoms with Crippen molar-refractivity contribution in [3.8, 4) is 0 Å². The van der Waals surface area contributed by atoms with E-state index >= 15 is 0 Å². The summed E-state index contributed by atoms with van der Waals surface area (Å²) < 4.78 is 0.999. The zero-order valence-electron chi connectivity index (χ0n) is 8.07. The fraction of sp³-hybridized carbons (Fsp3) is 0.500. The molecule has 1 saturated heterocycles. The molecule has 1 aliphatic heterocycles. The molecule has 0 amide bonds. The highest BCUT2D eigenvalue weighted by atomic mass is 79.9. The number of hydrogen-bond donors (Lipinski definition) is 1. The van der Waals surface area contributed by atoms with Crippen molar-refractivity contribution >= 4 is 21.7 Å². The van der Waals surface area contributed by atoms with E-state index in [0.29, 0.717) is 6.54 Å². The Morgan fingerprint density at radius 1 is 1.64 bits per heavy atom. The first-order chi connectivity index (χ1) is 6.66. The van der Waals surface area contributed by atoms with Gasteiger partial charge in [0.2, 0.25) is 0 Å². The highest BCUT2D eigenvalue weighted by Gasteiger charge is 2.22. The van der Waals surface area contributed by atoms with Crippen LogP contribution < -0.4 is 4.90 Å². The molecule has 1 aromatic heterocycles. The number of hydrogen-bond acceptors (Lipinski definition) is 3. The number of aliphatic hydroxyl groups is 1. The molecule has 0 spiro atoms. The van der Waals surface area contributed by atoms with Gasteiger partial charge < -0.3 is 10.0 Å². The van der Waals surface area contributed by atoms with Gasteiger partial charge in [-0.3, -0.25) is 0 Å². The molecule has 1 N–H and O–H groups in total. The Kier molecular flexibility index (Phi) is 2.74. The zero-order chi connectivity index (χ0) is 10.1. The van der Waals surface area contributed by atoms with Crippen molar-refractivity contribution in [2.75, 3.05) is 18.0 Å². The monoisotopic (exact) mass is 256 g/mol. The third kappa shape index (κ3) is 1.91. The zero-order valence-corrected chi connectivity index (χ0v) is 9.66. The van der Waals surface area contributed by atoms with Gasteiger partial charge >= 0.3 is 0 Å². The van der Waals surface area contributed by atoms with Crippen molar-refractivity contribution in [3.05, 3.63) is 22.3 Å². The number of nitrogens with zero attached hydrogens (tertiary/aromatic N) is 2. The number of halogens is 1. The van der Waals surface area contributed by atoms with Crippen molar-refractivity contribution in [3.63, 3.8) is 0 Å². The fourth-order valence-electron chi connectivity index (χ4n) is 1.80. The van der Waals surface area contributed by atoms with Crippen LogP contribution in [-0.2, 0) is 0 Å². The van der Waals surface area contributed by atoms with E-state index in [1.54, 1.807) is 6.20 Å². The molecule has 0 radical (unpaired) electrons. The minimum Gasteiger partial charge on any atom is -0.391 e. The van der Waals surface area contributed by atoms with Crippen molar-refractivity contribution in [1.82, 2.24) is 4.98 Å². The summed E-state index contributed by atoms with van der Waals surface area (Å²) in [5.41, 5.74) is 1.15. The molecule has 14 heavy (non-hydrogen) atoms. The Morgan fingerprint density at radius 3 is 3.00 bits per heavy atom. The molecule has 76 valence electrons. The van der Waals surface area contributed by atoms with E-state index in [9.17, 15) is 5.11 Å². The maximum atomic E-state index is 9.43. The summed E-state index contributed by atoms with van der Waals surface area (Å²) in [4.78, 5) is 6.49. The lowest BCUT2D eigenvalue weighted by atomic mass is 10.3. The highest BCUT2D eigenvalue weighted by molar-refractivity contribution is 9.10. The van der Waals surface area contributed by atoms with Crippen molar-refractivity contribution < 1.29 is 5.11 Å². The smallest absolute Gasteiger partial charge is 0.131 e. The Morgan fingerprint density at radius 2 is 2.43 bits per heavy atom. The van der Waals surface area contributed by atoms with E-state index in [4.69, 9.17) is 0 Å². The summed E-state index contributed by atoms with van der Waals surface area (Å²) in [6.07, 6.45) is 2.45.